The van der Waals surface area contributed by atoms with Crippen LogP contribution in [0.5, 0.6) is 5.75 Å². The van der Waals surface area contributed by atoms with E-state index in [2.05, 4.69) is 59.6 Å². The number of para-hydroxylation sites is 1. The summed E-state index contributed by atoms with van der Waals surface area (Å²) < 4.78 is 6.36. The number of benzene rings is 2. The van der Waals surface area contributed by atoms with Crippen LogP contribution in [0.25, 0.3) is 21.3 Å². The van der Waals surface area contributed by atoms with Crippen LogP contribution in [0, 0.1) is 0 Å². The van der Waals surface area contributed by atoms with Gasteiger partial charge in [-0.15, -0.1) is 11.3 Å². The van der Waals surface area contributed by atoms with Gasteiger partial charge in [0, 0.05) is 28.5 Å². The first-order valence-corrected chi connectivity index (χ1v) is 13.7. The number of hydrogen-bond acceptors (Lipinski definition) is 8. The molecule has 2 aromatic carbocycles. The number of likely N-dealkylation sites (tertiary alicyclic amines) is 1. The van der Waals surface area contributed by atoms with Gasteiger partial charge in [0.1, 0.15) is 10.6 Å². The molecule has 0 bridgehead atoms. The van der Waals surface area contributed by atoms with Crippen molar-refractivity contribution in [2.75, 3.05) is 37.9 Å². The maximum absolute atomic E-state index is 12.4. The van der Waals surface area contributed by atoms with Gasteiger partial charge in [-0.25, -0.2) is 9.97 Å². The molecule has 0 aliphatic carbocycles. The molecule has 2 aromatic heterocycles. The number of fused-ring (bicyclic) bond motifs is 1. The Kier molecular flexibility index (Phi) is 7.49. The van der Waals surface area contributed by atoms with Crippen LogP contribution in [0.3, 0.4) is 0 Å². The van der Waals surface area contributed by atoms with Gasteiger partial charge in [0.15, 0.2) is 0 Å². The maximum atomic E-state index is 12.4. The van der Waals surface area contributed by atoms with Gasteiger partial charge < -0.3 is 26.0 Å². The topological polar surface area (TPSA) is 105 Å². The highest BCUT2D eigenvalue weighted by atomic mass is 32.1. The first kappa shape index (κ1) is 25.9. The largest absolute Gasteiger partial charge is 0.496 e. The first-order valence-electron chi connectivity index (χ1n) is 12.9. The van der Waals surface area contributed by atoms with Gasteiger partial charge in [0.25, 0.3) is 5.91 Å². The molecule has 9 heteroatoms. The SMILES string of the molecule is COc1ccccc1-c1c(C(N)=O)sc2cnc(Nc3ccc(NC4CCN(C)CC4)cc3C(C)C)nc12. The lowest BCUT2D eigenvalue weighted by atomic mass is 9.99. The lowest BCUT2D eigenvalue weighted by Crippen LogP contribution is -2.36. The summed E-state index contributed by atoms with van der Waals surface area (Å²) in [7, 11) is 3.79. The average Bonchev–Trinajstić information content (AvgIpc) is 3.30. The number of carbonyl (C=O) groups is 1. The number of hydrogen-bond donors (Lipinski definition) is 3. The molecule has 8 nitrogen and oxygen atoms in total. The van der Waals surface area contributed by atoms with Crippen LogP contribution in [0.4, 0.5) is 17.3 Å². The Labute approximate surface area is 227 Å². The highest BCUT2D eigenvalue weighted by Gasteiger charge is 2.23. The Morgan fingerprint density at radius 1 is 1.18 bits per heavy atom. The predicted molar refractivity (Wildman–Crippen MR) is 156 cm³/mol. The summed E-state index contributed by atoms with van der Waals surface area (Å²) >= 11 is 1.29. The van der Waals surface area contributed by atoms with Gasteiger partial charge in [-0.3, -0.25) is 4.79 Å². The number of carbonyl (C=O) groups excluding carboxylic acids is 1. The number of nitrogens with two attached hydrogens (primary N) is 1. The molecular weight excluding hydrogens is 496 g/mol. The fourth-order valence-corrected chi connectivity index (χ4v) is 5.96. The smallest absolute Gasteiger partial charge is 0.259 e. The predicted octanol–water partition coefficient (Wildman–Crippen LogP) is 5.84. The molecule has 1 amide bonds. The fourth-order valence-electron chi connectivity index (χ4n) is 4.98. The maximum Gasteiger partial charge on any atom is 0.259 e. The number of rotatable bonds is 8. The van der Waals surface area contributed by atoms with Crippen LogP contribution in [0.2, 0.25) is 0 Å². The quantitative estimate of drug-likeness (QED) is 0.263. The Hall–Kier alpha value is -3.69. The summed E-state index contributed by atoms with van der Waals surface area (Å²) in [6.07, 6.45) is 4.03. The second-order valence-corrected chi connectivity index (χ2v) is 11.1. The van der Waals surface area contributed by atoms with Crippen LogP contribution in [-0.4, -0.2) is 54.1 Å². The minimum absolute atomic E-state index is 0.298. The van der Waals surface area contributed by atoms with Crippen molar-refractivity contribution >= 4 is 44.8 Å². The molecule has 1 fully saturated rings. The van der Waals surface area contributed by atoms with Crippen molar-refractivity contribution in [1.82, 2.24) is 14.9 Å². The summed E-state index contributed by atoms with van der Waals surface area (Å²) in [6, 6.07) is 14.5. The van der Waals surface area contributed by atoms with Crippen LogP contribution in [0.1, 0.15) is 47.8 Å². The third-order valence-corrected chi connectivity index (χ3v) is 8.17. The number of aromatic nitrogens is 2. The zero-order valence-electron chi connectivity index (χ0n) is 22.2. The lowest BCUT2D eigenvalue weighted by molar-refractivity contribution is 0.100. The van der Waals surface area contributed by atoms with E-state index in [0.29, 0.717) is 39.6 Å². The summed E-state index contributed by atoms with van der Waals surface area (Å²) in [5.41, 5.74) is 11.1. The highest BCUT2D eigenvalue weighted by Crippen LogP contribution is 2.42. The van der Waals surface area contributed by atoms with Gasteiger partial charge in [-0.2, -0.15) is 0 Å². The third-order valence-electron chi connectivity index (χ3n) is 7.04. The van der Waals surface area contributed by atoms with Gasteiger partial charge in [-0.05, 0) is 68.7 Å². The van der Waals surface area contributed by atoms with Crippen molar-refractivity contribution in [1.29, 1.82) is 0 Å². The molecule has 1 aliphatic rings. The summed E-state index contributed by atoms with van der Waals surface area (Å²) in [5.74, 6) is 0.906. The standard InChI is InChI=1S/C29H34N6O2S/c1-17(2)21-15-19(32-18-11-13-35(3)14-12-18)9-10-22(21)33-29-31-16-24-26(34-29)25(27(38-24)28(30)36)20-7-5-6-8-23(20)37-4/h5-10,15-18,32H,11-14H2,1-4H3,(H2,30,36)(H,31,33,34). The number of anilines is 3. The number of thiophene rings is 1. The zero-order valence-corrected chi connectivity index (χ0v) is 23.1. The van der Waals surface area contributed by atoms with E-state index in [1.807, 2.05) is 24.3 Å². The molecule has 0 radical (unpaired) electrons. The van der Waals surface area contributed by atoms with E-state index in [-0.39, 0.29) is 0 Å². The zero-order chi connectivity index (χ0) is 26.8. The van der Waals surface area contributed by atoms with E-state index in [4.69, 9.17) is 15.5 Å². The third kappa shape index (κ3) is 5.30. The van der Waals surface area contributed by atoms with E-state index in [1.54, 1.807) is 13.3 Å². The van der Waals surface area contributed by atoms with Crippen LogP contribution in [-0.2, 0) is 0 Å². The van der Waals surface area contributed by atoms with Crippen molar-refractivity contribution in [3.8, 4) is 16.9 Å². The van der Waals surface area contributed by atoms with E-state index in [0.717, 1.165) is 47.6 Å². The van der Waals surface area contributed by atoms with Crippen molar-refractivity contribution in [3.63, 3.8) is 0 Å². The molecule has 0 atom stereocenters. The van der Waals surface area contributed by atoms with E-state index < -0.39 is 5.91 Å². The Bertz CT molecular complexity index is 1460. The molecule has 4 N–H and O–H groups in total. The van der Waals surface area contributed by atoms with Crippen molar-refractivity contribution in [2.24, 2.45) is 5.73 Å². The lowest BCUT2D eigenvalue weighted by Gasteiger charge is -2.30. The van der Waals surface area contributed by atoms with E-state index in [1.165, 1.54) is 16.9 Å². The molecule has 1 saturated heterocycles. The molecule has 0 saturated carbocycles. The van der Waals surface area contributed by atoms with Crippen LogP contribution >= 0.6 is 11.3 Å². The van der Waals surface area contributed by atoms with Crippen molar-refractivity contribution < 1.29 is 9.53 Å². The fraction of sp³-hybridized carbons (Fsp3) is 0.345. The first-order chi connectivity index (χ1) is 18.3. The molecule has 5 rings (SSSR count). The minimum atomic E-state index is -0.502. The number of ether oxygens (including phenoxy) is 1. The number of nitrogens with one attached hydrogen (secondary N) is 2. The number of nitrogens with zero attached hydrogens (tertiary/aromatic N) is 3. The molecule has 0 unspecified atom stereocenters. The van der Waals surface area contributed by atoms with Crippen molar-refractivity contribution in [3.05, 3.63) is 59.1 Å². The molecule has 0 spiro atoms. The van der Waals surface area contributed by atoms with Gasteiger partial charge in [0.05, 0.1) is 23.5 Å². The second kappa shape index (κ2) is 11.0. The molecule has 4 aromatic rings. The Balaban J connectivity index is 1.49. The average molecular weight is 531 g/mol. The molecule has 3 heterocycles. The summed E-state index contributed by atoms with van der Waals surface area (Å²) in [4.78, 5) is 24.6. The van der Waals surface area contributed by atoms with Gasteiger partial charge in [-0.1, -0.05) is 32.0 Å². The normalized spacial score (nSPS) is 14.7. The van der Waals surface area contributed by atoms with E-state index >= 15 is 0 Å². The molecule has 198 valence electrons. The summed E-state index contributed by atoms with van der Waals surface area (Å²) in [6.45, 7) is 6.60. The number of methoxy groups -OCH3 is 1. The van der Waals surface area contributed by atoms with Crippen molar-refractivity contribution in [2.45, 2.75) is 38.6 Å². The van der Waals surface area contributed by atoms with Crippen LogP contribution < -0.4 is 21.1 Å². The number of primary amides is 1. The van der Waals surface area contributed by atoms with Crippen LogP contribution in [0.15, 0.2) is 48.7 Å². The summed E-state index contributed by atoms with van der Waals surface area (Å²) in [5, 5.41) is 7.15. The van der Waals surface area contributed by atoms with Gasteiger partial charge >= 0.3 is 0 Å². The molecule has 38 heavy (non-hydrogen) atoms. The second-order valence-electron chi connectivity index (χ2n) is 10.1. The van der Waals surface area contributed by atoms with E-state index in [9.17, 15) is 4.79 Å². The molecule has 1 aliphatic heterocycles. The number of piperidine rings is 1. The minimum Gasteiger partial charge on any atom is -0.496 e. The monoisotopic (exact) mass is 530 g/mol. The Morgan fingerprint density at radius 3 is 2.66 bits per heavy atom. The highest BCUT2D eigenvalue weighted by molar-refractivity contribution is 7.21. The molecular formula is C29H34N6O2S. The Morgan fingerprint density at radius 2 is 1.95 bits per heavy atom. The number of amides is 1. The van der Waals surface area contributed by atoms with Gasteiger partial charge in [0.2, 0.25) is 5.95 Å².